The van der Waals surface area contributed by atoms with Crippen molar-refractivity contribution in [2.75, 3.05) is 19.7 Å². The third-order valence-corrected chi connectivity index (χ3v) is 2.37. The lowest BCUT2D eigenvalue weighted by Gasteiger charge is -2.27. The maximum absolute atomic E-state index is 11.4. The number of rotatable bonds is 2. The first-order valence-electron chi connectivity index (χ1n) is 4.63. The van der Waals surface area contributed by atoms with E-state index in [-0.39, 0.29) is 11.9 Å². The summed E-state index contributed by atoms with van der Waals surface area (Å²) >= 11 is 0. The molecule has 0 amide bonds. The molecule has 0 bridgehead atoms. The smallest absolute Gasteiger partial charge is 0.309 e. The molecule has 0 spiro atoms. The Hall–Kier alpha value is -0.570. The van der Waals surface area contributed by atoms with Gasteiger partial charge in [-0.3, -0.25) is 4.79 Å². The van der Waals surface area contributed by atoms with Crippen molar-refractivity contribution in [3.05, 3.63) is 0 Å². The Labute approximate surface area is 73.5 Å². The van der Waals surface area contributed by atoms with Gasteiger partial charge in [-0.2, -0.15) is 0 Å². The van der Waals surface area contributed by atoms with E-state index in [1.807, 2.05) is 6.92 Å². The van der Waals surface area contributed by atoms with Crippen molar-refractivity contribution in [3.8, 4) is 0 Å². The third-order valence-electron chi connectivity index (χ3n) is 2.37. The second-order valence-corrected chi connectivity index (χ2v) is 3.33. The van der Waals surface area contributed by atoms with Crippen molar-refractivity contribution in [3.63, 3.8) is 0 Å². The zero-order valence-electron chi connectivity index (χ0n) is 7.80. The fourth-order valence-electron chi connectivity index (χ4n) is 1.61. The van der Waals surface area contributed by atoms with E-state index in [0.717, 1.165) is 19.5 Å². The second-order valence-electron chi connectivity index (χ2n) is 3.33. The van der Waals surface area contributed by atoms with Crippen LogP contribution in [0.4, 0.5) is 0 Å². The number of carbonyl (C=O) groups excluding carboxylic acids is 1. The summed E-state index contributed by atoms with van der Waals surface area (Å²) in [6.45, 7) is 6.31. The van der Waals surface area contributed by atoms with Crippen molar-refractivity contribution in [1.82, 2.24) is 5.32 Å². The molecule has 12 heavy (non-hydrogen) atoms. The normalized spacial score (nSPS) is 29.8. The van der Waals surface area contributed by atoms with Crippen LogP contribution in [0.2, 0.25) is 0 Å². The molecule has 0 aromatic heterocycles. The van der Waals surface area contributed by atoms with E-state index in [1.165, 1.54) is 0 Å². The molecular formula is C9H17NO2. The molecule has 1 aliphatic rings. The molecule has 3 nitrogen and oxygen atoms in total. The van der Waals surface area contributed by atoms with E-state index in [0.29, 0.717) is 12.5 Å². The number of esters is 1. The van der Waals surface area contributed by atoms with Crippen LogP contribution in [0, 0.1) is 11.8 Å². The minimum atomic E-state index is -0.0218. The van der Waals surface area contributed by atoms with Crippen LogP contribution in [-0.4, -0.2) is 25.7 Å². The average Bonchev–Trinajstić information content (AvgIpc) is 2.05. The van der Waals surface area contributed by atoms with Gasteiger partial charge in [0.2, 0.25) is 0 Å². The zero-order chi connectivity index (χ0) is 8.97. The standard InChI is InChI=1S/C9H17NO2/c1-3-12-9(11)8-4-5-10-6-7(8)2/h7-8,10H,3-6H2,1-2H3/t7-,8-/m0/s1. The van der Waals surface area contributed by atoms with Gasteiger partial charge in [0.05, 0.1) is 12.5 Å². The zero-order valence-corrected chi connectivity index (χ0v) is 7.80. The van der Waals surface area contributed by atoms with Gasteiger partial charge in [-0.1, -0.05) is 6.92 Å². The lowest BCUT2D eigenvalue weighted by atomic mass is 9.88. The first kappa shape index (κ1) is 9.52. The molecular weight excluding hydrogens is 154 g/mol. The Balaban J connectivity index is 2.42. The number of ether oxygens (including phenoxy) is 1. The molecule has 0 aromatic carbocycles. The monoisotopic (exact) mass is 171 g/mol. The van der Waals surface area contributed by atoms with Crippen molar-refractivity contribution in [2.24, 2.45) is 11.8 Å². The van der Waals surface area contributed by atoms with Gasteiger partial charge in [0, 0.05) is 0 Å². The van der Waals surface area contributed by atoms with Crippen molar-refractivity contribution < 1.29 is 9.53 Å². The highest BCUT2D eigenvalue weighted by Crippen LogP contribution is 2.19. The van der Waals surface area contributed by atoms with Crippen LogP contribution in [0.5, 0.6) is 0 Å². The molecule has 2 atom stereocenters. The quantitative estimate of drug-likeness (QED) is 0.624. The van der Waals surface area contributed by atoms with Crippen LogP contribution < -0.4 is 5.32 Å². The topological polar surface area (TPSA) is 38.3 Å². The fraction of sp³-hybridized carbons (Fsp3) is 0.889. The molecule has 0 saturated carbocycles. The Morgan fingerprint density at radius 3 is 3.00 bits per heavy atom. The summed E-state index contributed by atoms with van der Waals surface area (Å²) < 4.78 is 4.99. The predicted octanol–water partition coefficient (Wildman–Crippen LogP) is 0.795. The lowest BCUT2D eigenvalue weighted by molar-refractivity contribution is -0.150. The van der Waals surface area contributed by atoms with Crippen LogP contribution in [0.3, 0.4) is 0 Å². The van der Waals surface area contributed by atoms with Gasteiger partial charge >= 0.3 is 5.97 Å². The number of hydrogen-bond donors (Lipinski definition) is 1. The van der Waals surface area contributed by atoms with Crippen LogP contribution in [0.25, 0.3) is 0 Å². The van der Waals surface area contributed by atoms with Crippen LogP contribution in [0.15, 0.2) is 0 Å². The van der Waals surface area contributed by atoms with E-state index in [1.54, 1.807) is 0 Å². The van der Waals surface area contributed by atoms with Gasteiger partial charge in [-0.05, 0) is 32.4 Å². The average molecular weight is 171 g/mol. The number of nitrogens with one attached hydrogen (secondary N) is 1. The Morgan fingerprint density at radius 2 is 2.42 bits per heavy atom. The summed E-state index contributed by atoms with van der Waals surface area (Å²) in [4.78, 5) is 11.4. The summed E-state index contributed by atoms with van der Waals surface area (Å²) in [5, 5.41) is 3.25. The largest absolute Gasteiger partial charge is 0.466 e. The molecule has 3 heteroatoms. The van der Waals surface area contributed by atoms with Gasteiger partial charge in [0.15, 0.2) is 0 Å². The van der Waals surface area contributed by atoms with Gasteiger partial charge < -0.3 is 10.1 Å². The summed E-state index contributed by atoms with van der Waals surface area (Å²) in [7, 11) is 0. The summed E-state index contributed by atoms with van der Waals surface area (Å²) in [6, 6.07) is 0. The maximum atomic E-state index is 11.4. The molecule has 1 aliphatic heterocycles. The highest BCUT2D eigenvalue weighted by atomic mass is 16.5. The number of hydrogen-bond acceptors (Lipinski definition) is 3. The first-order chi connectivity index (χ1) is 5.75. The van der Waals surface area contributed by atoms with E-state index in [9.17, 15) is 4.79 Å². The van der Waals surface area contributed by atoms with Crippen LogP contribution >= 0.6 is 0 Å². The van der Waals surface area contributed by atoms with E-state index >= 15 is 0 Å². The number of carbonyl (C=O) groups is 1. The van der Waals surface area contributed by atoms with E-state index in [4.69, 9.17) is 4.74 Å². The van der Waals surface area contributed by atoms with Crippen molar-refractivity contribution in [1.29, 1.82) is 0 Å². The summed E-state index contributed by atoms with van der Waals surface area (Å²) in [6.07, 6.45) is 0.917. The predicted molar refractivity (Wildman–Crippen MR) is 46.8 cm³/mol. The van der Waals surface area contributed by atoms with Gasteiger partial charge in [0.1, 0.15) is 0 Å². The third kappa shape index (κ3) is 2.21. The fourth-order valence-corrected chi connectivity index (χ4v) is 1.61. The summed E-state index contributed by atoms with van der Waals surface area (Å²) in [5.41, 5.74) is 0. The lowest BCUT2D eigenvalue weighted by Crippen LogP contribution is -2.39. The van der Waals surface area contributed by atoms with E-state index in [2.05, 4.69) is 12.2 Å². The minimum absolute atomic E-state index is 0.0218. The molecule has 0 radical (unpaired) electrons. The van der Waals surface area contributed by atoms with Crippen molar-refractivity contribution >= 4 is 5.97 Å². The molecule has 1 fully saturated rings. The maximum Gasteiger partial charge on any atom is 0.309 e. The Bertz CT molecular complexity index is 159. The molecule has 0 aromatic rings. The molecule has 1 saturated heterocycles. The molecule has 1 rings (SSSR count). The Kier molecular flexibility index (Phi) is 3.53. The SMILES string of the molecule is CCOC(=O)[C@H]1CCNC[C@@H]1C. The van der Waals surface area contributed by atoms with Gasteiger partial charge in [-0.25, -0.2) is 0 Å². The Morgan fingerprint density at radius 1 is 1.67 bits per heavy atom. The molecule has 0 aliphatic carbocycles. The van der Waals surface area contributed by atoms with Gasteiger partial charge in [0.25, 0.3) is 0 Å². The van der Waals surface area contributed by atoms with Crippen LogP contribution in [-0.2, 0) is 9.53 Å². The molecule has 70 valence electrons. The van der Waals surface area contributed by atoms with Crippen molar-refractivity contribution in [2.45, 2.75) is 20.3 Å². The highest BCUT2D eigenvalue weighted by Gasteiger charge is 2.28. The summed E-state index contributed by atoms with van der Waals surface area (Å²) in [5.74, 6) is 0.510. The van der Waals surface area contributed by atoms with Gasteiger partial charge in [-0.15, -0.1) is 0 Å². The molecule has 0 unspecified atom stereocenters. The molecule has 1 N–H and O–H groups in total. The van der Waals surface area contributed by atoms with E-state index < -0.39 is 0 Å². The minimum Gasteiger partial charge on any atom is -0.466 e. The highest BCUT2D eigenvalue weighted by molar-refractivity contribution is 5.72. The van der Waals surface area contributed by atoms with Crippen LogP contribution in [0.1, 0.15) is 20.3 Å². The second kappa shape index (κ2) is 4.45. The first-order valence-corrected chi connectivity index (χ1v) is 4.63. The molecule has 1 heterocycles. The number of piperidine rings is 1.